The van der Waals surface area contributed by atoms with Gasteiger partial charge in [0.2, 0.25) is 0 Å². The van der Waals surface area contributed by atoms with Crippen molar-refractivity contribution in [1.29, 1.82) is 0 Å². The zero-order chi connectivity index (χ0) is 18.3. The molecule has 5 atom stereocenters. The van der Waals surface area contributed by atoms with E-state index in [0.717, 1.165) is 64.4 Å². The van der Waals surface area contributed by atoms with Crippen molar-refractivity contribution in [3.05, 3.63) is 0 Å². The van der Waals surface area contributed by atoms with E-state index in [9.17, 15) is 0 Å². The van der Waals surface area contributed by atoms with E-state index in [1.807, 2.05) is 0 Å². The third-order valence-corrected chi connectivity index (χ3v) is 6.84. The molecule has 0 aromatic heterocycles. The largest absolute Gasteiger partial charge is 0.379 e. The van der Waals surface area contributed by atoms with Gasteiger partial charge in [-0.15, -0.1) is 0 Å². The van der Waals surface area contributed by atoms with Gasteiger partial charge in [0, 0.05) is 32.3 Å². The van der Waals surface area contributed by atoms with Gasteiger partial charge in [-0.1, -0.05) is 19.8 Å². The Bertz CT molecular complexity index is 513. The van der Waals surface area contributed by atoms with Crippen molar-refractivity contribution >= 4 is 0 Å². The van der Waals surface area contributed by atoms with Crippen molar-refractivity contribution in [2.24, 2.45) is 0 Å². The summed E-state index contributed by atoms with van der Waals surface area (Å²) in [4.78, 5) is 0. The lowest BCUT2D eigenvalue weighted by Gasteiger charge is -2.37. The summed E-state index contributed by atoms with van der Waals surface area (Å²) in [7, 11) is 0. The average Bonchev–Trinajstić information content (AvgIpc) is 3.21. The molecule has 6 nitrogen and oxygen atoms in total. The van der Waals surface area contributed by atoms with Gasteiger partial charge < -0.3 is 28.4 Å². The first kappa shape index (κ1) is 18.8. The molecule has 0 amide bonds. The van der Waals surface area contributed by atoms with Crippen molar-refractivity contribution in [3.63, 3.8) is 0 Å². The SMILES string of the molecule is CCCOC[C@H]1O[C@@H]2OC3(CCCCC3)O[C@@H]2[C@H]2OC3(CCCCC3)O[C@H]21. The molecule has 3 aliphatic heterocycles. The Morgan fingerprint density at radius 2 is 1.33 bits per heavy atom. The molecule has 2 saturated carbocycles. The van der Waals surface area contributed by atoms with Crippen molar-refractivity contribution in [1.82, 2.24) is 0 Å². The van der Waals surface area contributed by atoms with E-state index in [1.165, 1.54) is 12.8 Å². The highest BCUT2D eigenvalue weighted by molar-refractivity contribution is 5.03. The van der Waals surface area contributed by atoms with Gasteiger partial charge >= 0.3 is 0 Å². The molecule has 0 radical (unpaired) electrons. The molecule has 5 rings (SSSR count). The molecule has 0 aromatic rings. The van der Waals surface area contributed by atoms with Crippen LogP contribution in [0.15, 0.2) is 0 Å². The lowest BCUT2D eigenvalue weighted by Crippen LogP contribution is -2.56. The van der Waals surface area contributed by atoms with Crippen molar-refractivity contribution in [2.75, 3.05) is 13.2 Å². The minimum Gasteiger partial charge on any atom is -0.379 e. The van der Waals surface area contributed by atoms with Gasteiger partial charge in [-0.25, -0.2) is 0 Å². The topological polar surface area (TPSA) is 55.4 Å². The van der Waals surface area contributed by atoms with Gasteiger partial charge in [-0.05, 0) is 32.1 Å². The summed E-state index contributed by atoms with van der Waals surface area (Å²) in [5, 5.41) is 0. The number of hydrogen-bond acceptors (Lipinski definition) is 6. The second-order valence-corrected chi connectivity index (χ2v) is 8.93. The van der Waals surface area contributed by atoms with Crippen LogP contribution in [0.2, 0.25) is 0 Å². The maximum atomic E-state index is 6.62. The normalized spacial score (nSPS) is 42.3. The summed E-state index contributed by atoms with van der Waals surface area (Å²) in [5.41, 5.74) is 0. The van der Waals surface area contributed by atoms with Gasteiger partial charge in [0.25, 0.3) is 0 Å². The summed E-state index contributed by atoms with van der Waals surface area (Å²) in [6.45, 7) is 3.38. The van der Waals surface area contributed by atoms with E-state index in [-0.39, 0.29) is 30.7 Å². The maximum absolute atomic E-state index is 6.62. The van der Waals surface area contributed by atoms with Crippen LogP contribution in [0.4, 0.5) is 0 Å². The predicted molar refractivity (Wildman–Crippen MR) is 97.1 cm³/mol. The zero-order valence-electron chi connectivity index (χ0n) is 16.5. The van der Waals surface area contributed by atoms with Crippen molar-refractivity contribution in [2.45, 2.75) is 120 Å². The average molecular weight is 382 g/mol. The van der Waals surface area contributed by atoms with Crippen LogP contribution in [-0.2, 0) is 28.4 Å². The first-order chi connectivity index (χ1) is 13.2. The van der Waals surface area contributed by atoms with Crippen molar-refractivity contribution < 1.29 is 28.4 Å². The Labute approximate surface area is 162 Å². The van der Waals surface area contributed by atoms with Gasteiger partial charge in [0.05, 0.1) is 6.61 Å². The maximum Gasteiger partial charge on any atom is 0.190 e. The van der Waals surface area contributed by atoms with E-state index in [1.54, 1.807) is 0 Å². The van der Waals surface area contributed by atoms with E-state index >= 15 is 0 Å². The fourth-order valence-corrected chi connectivity index (χ4v) is 5.52. The fraction of sp³-hybridized carbons (Fsp3) is 1.00. The zero-order valence-corrected chi connectivity index (χ0v) is 16.5. The molecule has 2 spiro atoms. The number of ether oxygens (including phenoxy) is 6. The molecular weight excluding hydrogens is 348 g/mol. The molecule has 3 saturated heterocycles. The third-order valence-electron chi connectivity index (χ3n) is 6.84. The summed E-state index contributed by atoms with van der Waals surface area (Å²) >= 11 is 0. The highest BCUT2D eigenvalue weighted by Gasteiger charge is 2.63. The quantitative estimate of drug-likeness (QED) is 0.692. The highest BCUT2D eigenvalue weighted by atomic mass is 16.9. The monoisotopic (exact) mass is 382 g/mol. The summed E-state index contributed by atoms with van der Waals surface area (Å²) in [5.74, 6) is -0.941. The minimum absolute atomic E-state index is 0.127. The van der Waals surface area contributed by atoms with Crippen LogP contribution in [0.1, 0.15) is 77.6 Å². The van der Waals surface area contributed by atoms with Gasteiger partial charge in [-0.2, -0.15) is 0 Å². The van der Waals surface area contributed by atoms with Gasteiger partial charge in [-0.3, -0.25) is 0 Å². The lowest BCUT2D eigenvalue weighted by atomic mass is 9.94. The van der Waals surface area contributed by atoms with Crippen LogP contribution >= 0.6 is 0 Å². The molecule has 0 N–H and O–H groups in total. The molecule has 5 aliphatic rings. The fourth-order valence-electron chi connectivity index (χ4n) is 5.52. The van der Waals surface area contributed by atoms with Crippen molar-refractivity contribution in [3.8, 4) is 0 Å². The molecule has 154 valence electrons. The Hall–Kier alpha value is -0.240. The van der Waals surface area contributed by atoms with E-state index in [2.05, 4.69) is 6.92 Å². The first-order valence-corrected chi connectivity index (χ1v) is 11.2. The molecular formula is C21H34O6. The van der Waals surface area contributed by atoms with Crippen LogP contribution in [0, 0.1) is 0 Å². The van der Waals surface area contributed by atoms with E-state index < -0.39 is 11.6 Å². The molecule has 0 aromatic carbocycles. The third kappa shape index (κ3) is 3.47. The van der Waals surface area contributed by atoms with E-state index in [4.69, 9.17) is 28.4 Å². The summed E-state index contributed by atoms with van der Waals surface area (Å²) < 4.78 is 38.3. The molecule has 5 fully saturated rings. The van der Waals surface area contributed by atoms with Crippen LogP contribution in [0.5, 0.6) is 0 Å². The number of rotatable bonds is 4. The Balaban J connectivity index is 1.36. The molecule has 3 heterocycles. The van der Waals surface area contributed by atoms with Gasteiger partial charge in [0.15, 0.2) is 17.9 Å². The molecule has 0 bridgehead atoms. The summed E-state index contributed by atoms with van der Waals surface area (Å²) in [6, 6.07) is 0. The van der Waals surface area contributed by atoms with Crippen LogP contribution in [0.3, 0.4) is 0 Å². The van der Waals surface area contributed by atoms with Crippen LogP contribution < -0.4 is 0 Å². The van der Waals surface area contributed by atoms with Crippen LogP contribution in [-0.4, -0.2) is 55.5 Å². The van der Waals surface area contributed by atoms with Crippen LogP contribution in [0.25, 0.3) is 0 Å². The summed E-state index contributed by atoms with van der Waals surface area (Å²) in [6.07, 6.45) is 11.0. The Morgan fingerprint density at radius 1 is 0.741 bits per heavy atom. The molecule has 6 heteroatoms. The Morgan fingerprint density at radius 3 is 2.00 bits per heavy atom. The first-order valence-electron chi connectivity index (χ1n) is 11.2. The second kappa shape index (κ2) is 7.54. The second-order valence-electron chi connectivity index (χ2n) is 8.93. The Kier molecular flexibility index (Phi) is 5.24. The molecule has 0 unspecified atom stereocenters. The van der Waals surface area contributed by atoms with E-state index in [0.29, 0.717) is 6.61 Å². The molecule has 2 aliphatic carbocycles. The minimum atomic E-state index is -0.483. The number of hydrogen-bond donors (Lipinski definition) is 0. The predicted octanol–water partition coefficient (Wildman–Crippen LogP) is 3.66. The molecule has 27 heavy (non-hydrogen) atoms. The standard InChI is InChI=1S/C21H34O6/c1-2-13-22-14-15-16-17(25-20(24-16)9-5-3-6-10-20)18-19(23-15)27-21(26-18)11-7-4-8-12-21/h15-19H,2-14H2,1H3/t15-,16+,17+,18-,19-/m1/s1. The lowest BCUT2D eigenvalue weighted by molar-refractivity contribution is -0.256. The number of fused-ring (bicyclic) bond motifs is 3. The van der Waals surface area contributed by atoms with Gasteiger partial charge in [0.1, 0.15) is 24.4 Å². The smallest absolute Gasteiger partial charge is 0.190 e. The highest BCUT2D eigenvalue weighted by Crippen LogP contribution is 2.50.